The molecule has 0 bridgehead atoms. The van der Waals surface area contributed by atoms with Crippen molar-refractivity contribution in [2.75, 3.05) is 13.7 Å². The smallest absolute Gasteiger partial charge is 0.254 e. The highest BCUT2D eigenvalue weighted by Crippen LogP contribution is 2.21. The number of benzene rings is 2. The molecule has 3 rings (SSSR count). The van der Waals surface area contributed by atoms with Crippen LogP contribution < -0.4 is 9.47 Å². The van der Waals surface area contributed by atoms with E-state index in [0.29, 0.717) is 23.9 Å². The molecule has 1 amide bonds. The van der Waals surface area contributed by atoms with E-state index in [1.54, 1.807) is 24.1 Å². The first-order chi connectivity index (χ1) is 14.5. The molecule has 0 spiro atoms. The van der Waals surface area contributed by atoms with Gasteiger partial charge in [0.15, 0.2) is 0 Å². The molecule has 0 aliphatic rings. The average molecular weight is 409 g/mol. The van der Waals surface area contributed by atoms with Crippen LogP contribution >= 0.6 is 0 Å². The Morgan fingerprint density at radius 2 is 1.73 bits per heavy atom. The van der Waals surface area contributed by atoms with E-state index < -0.39 is 0 Å². The van der Waals surface area contributed by atoms with Crippen molar-refractivity contribution < 1.29 is 18.8 Å². The van der Waals surface area contributed by atoms with Crippen LogP contribution in [0.2, 0.25) is 0 Å². The van der Waals surface area contributed by atoms with Gasteiger partial charge in [-0.15, -0.1) is 0 Å². The molecule has 1 heterocycles. The van der Waals surface area contributed by atoms with E-state index in [1.165, 1.54) is 0 Å². The largest absolute Gasteiger partial charge is 0.497 e. The van der Waals surface area contributed by atoms with Gasteiger partial charge >= 0.3 is 0 Å². The number of rotatable bonds is 9. The molecular weight excluding hydrogens is 382 g/mol. The van der Waals surface area contributed by atoms with Crippen LogP contribution in [0.15, 0.2) is 53.1 Å². The van der Waals surface area contributed by atoms with Crippen molar-refractivity contribution in [2.45, 2.75) is 39.8 Å². The summed E-state index contributed by atoms with van der Waals surface area (Å²) in [7, 11) is 1.62. The second kappa shape index (κ2) is 9.91. The summed E-state index contributed by atoms with van der Waals surface area (Å²) in [5.74, 6) is 2.26. The number of carbonyl (C=O) groups is 1. The first-order valence-electron chi connectivity index (χ1n) is 10.0. The van der Waals surface area contributed by atoms with Gasteiger partial charge in [0.2, 0.25) is 11.7 Å². The quantitative estimate of drug-likeness (QED) is 0.515. The number of nitrogens with zero attached hydrogens (tertiary/aromatic N) is 3. The summed E-state index contributed by atoms with van der Waals surface area (Å²) in [5, 5.41) is 4.05. The van der Waals surface area contributed by atoms with Crippen LogP contribution in [0.5, 0.6) is 11.5 Å². The standard InChI is InChI=1S/C23H27N3O4/c1-5-14-29-20-12-8-18(9-13-20)23(27)26(16(2)3)15-21-24-22(25-30-21)17-6-10-19(28-4)11-7-17/h6-13,16H,5,14-15H2,1-4H3. The Morgan fingerprint density at radius 1 is 1.07 bits per heavy atom. The lowest BCUT2D eigenvalue weighted by atomic mass is 10.1. The topological polar surface area (TPSA) is 77.7 Å². The van der Waals surface area contributed by atoms with E-state index in [1.807, 2.05) is 50.2 Å². The maximum absolute atomic E-state index is 13.0. The maximum atomic E-state index is 13.0. The Labute approximate surface area is 176 Å². The first-order valence-corrected chi connectivity index (χ1v) is 10.0. The van der Waals surface area contributed by atoms with Crippen LogP contribution in [-0.2, 0) is 6.54 Å². The van der Waals surface area contributed by atoms with Gasteiger partial charge in [-0.25, -0.2) is 0 Å². The van der Waals surface area contributed by atoms with Crippen molar-refractivity contribution in [2.24, 2.45) is 0 Å². The van der Waals surface area contributed by atoms with E-state index in [9.17, 15) is 4.79 Å². The molecule has 0 radical (unpaired) electrons. The van der Waals surface area contributed by atoms with Gasteiger partial charge in [0.05, 0.1) is 13.7 Å². The predicted octanol–water partition coefficient (Wildman–Crippen LogP) is 4.58. The molecule has 30 heavy (non-hydrogen) atoms. The lowest BCUT2D eigenvalue weighted by molar-refractivity contribution is 0.0667. The number of amides is 1. The zero-order valence-electron chi connectivity index (χ0n) is 17.8. The third-order valence-corrected chi connectivity index (χ3v) is 4.58. The molecule has 3 aromatic rings. The number of hydrogen-bond acceptors (Lipinski definition) is 6. The van der Waals surface area contributed by atoms with E-state index in [-0.39, 0.29) is 18.5 Å². The van der Waals surface area contributed by atoms with Crippen molar-refractivity contribution in [1.82, 2.24) is 15.0 Å². The van der Waals surface area contributed by atoms with Gasteiger partial charge < -0.3 is 18.9 Å². The highest BCUT2D eigenvalue weighted by molar-refractivity contribution is 5.94. The van der Waals surface area contributed by atoms with Gasteiger partial charge in [0.25, 0.3) is 5.91 Å². The van der Waals surface area contributed by atoms with Crippen molar-refractivity contribution >= 4 is 5.91 Å². The molecule has 158 valence electrons. The van der Waals surface area contributed by atoms with Gasteiger partial charge in [-0.3, -0.25) is 4.79 Å². The van der Waals surface area contributed by atoms with Crippen LogP contribution in [0.1, 0.15) is 43.4 Å². The third kappa shape index (κ3) is 5.17. The summed E-state index contributed by atoms with van der Waals surface area (Å²) >= 11 is 0. The summed E-state index contributed by atoms with van der Waals surface area (Å²) in [6.45, 7) is 6.84. The molecule has 7 nitrogen and oxygen atoms in total. The molecular formula is C23H27N3O4. The van der Waals surface area contributed by atoms with Gasteiger partial charge in [0.1, 0.15) is 18.0 Å². The van der Waals surface area contributed by atoms with Crippen LogP contribution in [0.4, 0.5) is 0 Å². The highest BCUT2D eigenvalue weighted by atomic mass is 16.5. The molecule has 0 N–H and O–H groups in total. The normalized spacial score (nSPS) is 10.8. The van der Waals surface area contributed by atoms with Gasteiger partial charge in [-0.05, 0) is 68.8 Å². The molecule has 2 aromatic carbocycles. The number of carbonyl (C=O) groups excluding carboxylic acids is 1. The molecule has 0 saturated heterocycles. The fourth-order valence-corrected chi connectivity index (χ4v) is 2.89. The monoisotopic (exact) mass is 409 g/mol. The number of ether oxygens (including phenoxy) is 2. The molecule has 0 unspecified atom stereocenters. The first kappa shape index (κ1) is 21.4. The Kier molecular flexibility index (Phi) is 7.06. The molecule has 0 fully saturated rings. The van der Waals surface area contributed by atoms with Crippen molar-refractivity contribution in [3.63, 3.8) is 0 Å². The fourth-order valence-electron chi connectivity index (χ4n) is 2.89. The number of aromatic nitrogens is 2. The minimum absolute atomic E-state index is 0.0372. The molecule has 0 aliphatic heterocycles. The Balaban J connectivity index is 1.72. The molecule has 0 saturated carbocycles. The number of hydrogen-bond donors (Lipinski definition) is 0. The van der Waals surface area contributed by atoms with E-state index in [2.05, 4.69) is 17.1 Å². The molecule has 0 aliphatic carbocycles. The van der Waals surface area contributed by atoms with Crippen LogP contribution in [0.3, 0.4) is 0 Å². The van der Waals surface area contributed by atoms with Crippen molar-refractivity contribution in [1.29, 1.82) is 0 Å². The van der Waals surface area contributed by atoms with Crippen LogP contribution in [0.25, 0.3) is 11.4 Å². The lowest BCUT2D eigenvalue weighted by Gasteiger charge is -2.25. The zero-order valence-corrected chi connectivity index (χ0v) is 17.8. The lowest BCUT2D eigenvalue weighted by Crippen LogP contribution is -2.36. The van der Waals surface area contributed by atoms with Gasteiger partial charge in [-0.2, -0.15) is 4.98 Å². The predicted molar refractivity (Wildman–Crippen MR) is 114 cm³/mol. The van der Waals surface area contributed by atoms with Crippen LogP contribution in [-0.4, -0.2) is 40.7 Å². The third-order valence-electron chi connectivity index (χ3n) is 4.58. The Hall–Kier alpha value is -3.35. The van der Waals surface area contributed by atoms with Crippen molar-refractivity contribution in [3.05, 3.63) is 60.0 Å². The minimum atomic E-state index is -0.101. The SMILES string of the molecule is CCCOc1ccc(C(=O)N(Cc2nc(-c3ccc(OC)cc3)no2)C(C)C)cc1. The molecule has 0 atom stereocenters. The summed E-state index contributed by atoms with van der Waals surface area (Å²) in [5.41, 5.74) is 1.40. The van der Waals surface area contributed by atoms with E-state index in [4.69, 9.17) is 14.0 Å². The van der Waals surface area contributed by atoms with Gasteiger partial charge in [-0.1, -0.05) is 12.1 Å². The fraction of sp³-hybridized carbons (Fsp3) is 0.348. The van der Waals surface area contributed by atoms with Gasteiger partial charge in [0, 0.05) is 17.2 Å². The Morgan fingerprint density at radius 3 is 2.33 bits per heavy atom. The highest BCUT2D eigenvalue weighted by Gasteiger charge is 2.22. The number of methoxy groups -OCH3 is 1. The zero-order chi connectivity index (χ0) is 21.5. The van der Waals surface area contributed by atoms with E-state index in [0.717, 1.165) is 23.5 Å². The summed E-state index contributed by atoms with van der Waals surface area (Å²) in [4.78, 5) is 19.2. The van der Waals surface area contributed by atoms with E-state index >= 15 is 0 Å². The molecule has 1 aromatic heterocycles. The van der Waals surface area contributed by atoms with Crippen molar-refractivity contribution in [3.8, 4) is 22.9 Å². The minimum Gasteiger partial charge on any atom is -0.497 e. The van der Waals surface area contributed by atoms with Crippen LogP contribution in [0, 0.1) is 0 Å². The molecule has 7 heteroatoms. The average Bonchev–Trinajstić information content (AvgIpc) is 3.24. The summed E-state index contributed by atoms with van der Waals surface area (Å²) < 4.78 is 16.2. The maximum Gasteiger partial charge on any atom is 0.254 e. The summed E-state index contributed by atoms with van der Waals surface area (Å²) in [6.07, 6.45) is 0.935. The summed E-state index contributed by atoms with van der Waals surface area (Å²) in [6, 6.07) is 14.5. The Bertz CT molecular complexity index is 949. The second-order valence-corrected chi connectivity index (χ2v) is 7.14. The second-order valence-electron chi connectivity index (χ2n) is 7.14.